The Labute approximate surface area is 180 Å². The number of thiazole rings is 1. The minimum absolute atomic E-state index is 0.0198. The zero-order valence-corrected chi connectivity index (χ0v) is 17.4. The maximum absolute atomic E-state index is 12.9. The number of benzene rings is 3. The number of fused-ring (bicyclic) bond motifs is 1. The van der Waals surface area contributed by atoms with Crippen LogP contribution in [-0.4, -0.2) is 28.9 Å². The maximum Gasteiger partial charge on any atom is 0.238 e. The van der Waals surface area contributed by atoms with Gasteiger partial charge in [-0.3, -0.25) is 9.69 Å². The van der Waals surface area contributed by atoms with Crippen molar-refractivity contribution < 1.29 is 4.79 Å². The molecule has 4 nitrogen and oxygen atoms in total. The first-order chi connectivity index (χ1) is 14.8. The summed E-state index contributed by atoms with van der Waals surface area (Å²) in [7, 11) is 0. The highest BCUT2D eigenvalue weighted by atomic mass is 32.1. The van der Waals surface area contributed by atoms with Crippen LogP contribution in [0.25, 0.3) is 21.3 Å². The molecule has 1 aliphatic rings. The van der Waals surface area contributed by atoms with E-state index in [4.69, 9.17) is 4.98 Å². The molecule has 1 saturated heterocycles. The van der Waals surface area contributed by atoms with Crippen molar-refractivity contribution in [2.45, 2.75) is 18.9 Å². The van der Waals surface area contributed by atoms with Crippen molar-refractivity contribution >= 4 is 33.1 Å². The summed E-state index contributed by atoms with van der Waals surface area (Å²) in [5.74, 6) is 0.0198. The third-order valence-corrected chi connectivity index (χ3v) is 6.73. The number of carbonyl (C=O) groups excluding carboxylic acids is 1. The Morgan fingerprint density at radius 3 is 2.63 bits per heavy atom. The standard InChI is InChI=1S/C25H23N3OS/c29-24(26-20-12-5-4-11-19(20)18-9-2-1-3-10-18)17-28-16-8-14-22(28)25-27-21-13-6-7-15-23(21)30-25/h1-7,9-13,15,22H,8,14,16-17H2,(H,26,29)/t22-/m1/s1. The Morgan fingerprint density at radius 2 is 1.77 bits per heavy atom. The summed E-state index contributed by atoms with van der Waals surface area (Å²) in [6.45, 7) is 1.30. The molecule has 1 aliphatic heterocycles. The third kappa shape index (κ3) is 3.86. The van der Waals surface area contributed by atoms with E-state index in [9.17, 15) is 4.79 Å². The van der Waals surface area contributed by atoms with Crippen molar-refractivity contribution in [3.63, 3.8) is 0 Å². The lowest BCUT2D eigenvalue weighted by atomic mass is 10.0. The van der Waals surface area contributed by atoms with Gasteiger partial charge in [-0.2, -0.15) is 0 Å². The highest BCUT2D eigenvalue weighted by Gasteiger charge is 2.30. The number of para-hydroxylation sites is 2. The molecule has 1 atom stereocenters. The molecule has 0 spiro atoms. The molecule has 1 aromatic heterocycles. The van der Waals surface area contributed by atoms with Crippen molar-refractivity contribution in [3.05, 3.63) is 83.9 Å². The van der Waals surface area contributed by atoms with Gasteiger partial charge in [-0.15, -0.1) is 11.3 Å². The monoisotopic (exact) mass is 413 g/mol. The van der Waals surface area contributed by atoms with E-state index >= 15 is 0 Å². The molecule has 4 aromatic rings. The Kier molecular flexibility index (Phi) is 5.30. The average molecular weight is 414 g/mol. The highest BCUT2D eigenvalue weighted by molar-refractivity contribution is 7.18. The maximum atomic E-state index is 12.9. The molecule has 3 aromatic carbocycles. The van der Waals surface area contributed by atoms with Gasteiger partial charge >= 0.3 is 0 Å². The molecule has 5 rings (SSSR count). The van der Waals surface area contributed by atoms with E-state index in [0.29, 0.717) is 6.54 Å². The second-order valence-corrected chi connectivity index (χ2v) is 8.67. The predicted octanol–water partition coefficient (Wildman–Crippen LogP) is 5.74. The number of amides is 1. The fraction of sp³-hybridized carbons (Fsp3) is 0.200. The van der Waals surface area contributed by atoms with Crippen LogP contribution in [0.1, 0.15) is 23.9 Å². The van der Waals surface area contributed by atoms with Crippen LogP contribution in [0.5, 0.6) is 0 Å². The summed E-state index contributed by atoms with van der Waals surface area (Å²) in [6.07, 6.45) is 2.14. The summed E-state index contributed by atoms with van der Waals surface area (Å²) >= 11 is 1.74. The number of nitrogens with one attached hydrogen (secondary N) is 1. The van der Waals surface area contributed by atoms with E-state index in [-0.39, 0.29) is 11.9 Å². The molecule has 30 heavy (non-hydrogen) atoms. The molecule has 0 radical (unpaired) electrons. The van der Waals surface area contributed by atoms with E-state index in [1.807, 2.05) is 54.6 Å². The van der Waals surface area contributed by atoms with Crippen molar-refractivity contribution in [1.82, 2.24) is 9.88 Å². The Bertz CT molecular complexity index is 1140. The van der Waals surface area contributed by atoms with Gasteiger partial charge in [0.1, 0.15) is 5.01 Å². The predicted molar refractivity (Wildman–Crippen MR) is 124 cm³/mol. The van der Waals surface area contributed by atoms with Crippen LogP contribution in [0.15, 0.2) is 78.9 Å². The summed E-state index contributed by atoms with van der Waals surface area (Å²) in [4.78, 5) is 20.0. The van der Waals surface area contributed by atoms with Crippen molar-refractivity contribution in [3.8, 4) is 11.1 Å². The lowest BCUT2D eigenvalue weighted by Gasteiger charge is -2.22. The van der Waals surface area contributed by atoms with E-state index in [1.165, 1.54) is 4.70 Å². The molecule has 0 unspecified atom stereocenters. The van der Waals surface area contributed by atoms with Crippen LogP contribution in [0, 0.1) is 0 Å². The molecular formula is C25H23N3OS. The second kappa shape index (κ2) is 8.38. The summed E-state index contributed by atoms with van der Waals surface area (Å²) in [5.41, 5.74) is 4.03. The number of likely N-dealkylation sites (tertiary alicyclic amines) is 1. The number of anilines is 1. The zero-order valence-electron chi connectivity index (χ0n) is 16.6. The van der Waals surface area contributed by atoms with Gasteiger partial charge in [0.25, 0.3) is 0 Å². The molecule has 5 heteroatoms. The first-order valence-corrected chi connectivity index (χ1v) is 11.1. The number of aromatic nitrogens is 1. The van der Waals surface area contributed by atoms with Gasteiger partial charge < -0.3 is 5.32 Å². The molecule has 150 valence electrons. The average Bonchev–Trinajstić information content (AvgIpc) is 3.41. The minimum Gasteiger partial charge on any atom is -0.324 e. The normalized spacial score (nSPS) is 16.7. The van der Waals surface area contributed by atoms with Crippen LogP contribution in [0.3, 0.4) is 0 Å². The minimum atomic E-state index is 0.0198. The first kappa shape index (κ1) is 19.0. The van der Waals surface area contributed by atoms with E-state index in [2.05, 4.69) is 34.5 Å². The molecule has 1 fully saturated rings. The van der Waals surface area contributed by atoms with Crippen LogP contribution in [0.4, 0.5) is 5.69 Å². The van der Waals surface area contributed by atoms with Gasteiger partial charge in [0, 0.05) is 11.3 Å². The number of carbonyl (C=O) groups is 1. The topological polar surface area (TPSA) is 45.2 Å². The van der Waals surface area contributed by atoms with Gasteiger partial charge in [-0.25, -0.2) is 4.98 Å². The van der Waals surface area contributed by atoms with Crippen LogP contribution in [-0.2, 0) is 4.79 Å². The lowest BCUT2D eigenvalue weighted by molar-refractivity contribution is -0.117. The van der Waals surface area contributed by atoms with Gasteiger partial charge in [0.15, 0.2) is 0 Å². The van der Waals surface area contributed by atoms with Crippen molar-refractivity contribution in [2.24, 2.45) is 0 Å². The SMILES string of the molecule is O=C(CN1CCC[C@@H]1c1nc2ccccc2s1)Nc1ccccc1-c1ccccc1. The molecule has 2 heterocycles. The third-order valence-electron chi connectivity index (χ3n) is 5.59. The second-order valence-electron chi connectivity index (χ2n) is 7.61. The Balaban J connectivity index is 1.32. The summed E-state index contributed by atoms with van der Waals surface area (Å²) in [6, 6.07) is 26.6. The summed E-state index contributed by atoms with van der Waals surface area (Å²) in [5, 5.41) is 4.25. The van der Waals surface area contributed by atoms with Crippen LogP contribution >= 0.6 is 11.3 Å². The molecule has 1 N–H and O–H groups in total. The van der Waals surface area contributed by atoms with Gasteiger partial charge in [0.05, 0.1) is 22.8 Å². The van der Waals surface area contributed by atoms with Gasteiger partial charge in [-0.1, -0.05) is 60.7 Å². The highest BCUT2D eigenvalue weighted by Crippen LogP contribution is 2.36. The lowest BCUT2D eigenvalue weighted by Crippen LogP contribution is -2.33. The molecule has 1 amide bonds. The molecular weight excluding hydrogens is 390 g/mol. The smallest absolute Gasteiger partial charge is 0.238 e. The molecule has 0 saturated carbocycles. The first-order valence-electron chi connectivity index (χ1n) is 10.3. The van der Waals surface area contributed by atoms with E-state index in [0.717, 1.165) is 46.7 Å². The van der Waals surface area contributed by atoms with E-state index in [1.54, 1.807) is 11.3 Å². The Morgan fingerprint density at radius 1 is 1.00 bits per heavy atom. The van der Waals surface area contributed by atoms with E-state index < -0.39 is 0 Å². The summed E-state index contributed by atoms with van der Waals surface area (Å²) < 4.78 is 1.21. The Hall–Kier alpha value is -3.02. The van der Waals surface area contributed by atoms with Crippen molar-refractivity contribution in [2.75, 3.05) is 18.4 Å². The van der Waals surface area contributed by atoms with Crippen LogP contribution < -0.4 is 5.32 Å². The van der Waals surface area contributed by atoms with Gasteiger partial charge in [0.2, 0.25) is 5.91 Å². The molecule has 0 aliphatic carbocycles. The number of hydrogen-bond acceptors (Lipinski definition) is 4. The number of hydrogen-bond donors (Lipinski definition) is 1. The van der Waals surface area contributed by atoms with Crippen molar-refractivity contribution in [1.29, 1.82) is 0 Å². The number of nitrogens with zero attached hydrogens (tertiary/aromatic N) is 2. The quantitative estimate of drug-likeness (QED) is 0.454. The largest absolute Gasteiger partial charge is 0.324 e. The van der Waals surface area contributed by atoms with Gasteiger partial charge in [-0.05, 0) is 43.1 Å². The fourth-order valence-electron chi connectivity index (χ4n) is 4.16. The number of rotatable bonds is 5. The fourth-order valence-corrected chi connectivity index (χ4v) is 5.30. The molecule has 0 bridgehead atoms. The zero-order chi connectivity index (χ0) is 20.3. The van der Waals surface area contributed by atoms with Crippen LogP contribution in [0.2, 0.25) is 0 Å².